The van der Waals surface area contributed by atoms with Crippen LogP contribution in [0.25, 0.3) is 5.65 Å². The molecule has 6 nitrogen and oxygen atoms in total. The fraction of sp³-hybridized carbons (Fsp3) is 0.278. The summed E-state index contributed by atoms with van der Waals surface area (Å²) in [6.07, 6.45) is 2.71. The van der Waals surface area contributed by atoms with Crippen LogP contribution in [0.3, 0.4) is 0 Å². The average molecular weight is 519 g/mol. The Balaban J connectivity index is 0.00000261. The van der Waals surface area contributed by atoms with E-state index >= 15 is 0 Å². The molecular weight excluding hydrogens is 498 g/mol. The molecule has 27 heavy (non-hydrogen) atoms. The number of rotatable bonds is 5. The van der Waals surface area contributed by atoms with Gasteiger partial charge < -0.3 is 10.2 Å². The van der Waals surface area contributed by atoms with Crippen LogP contribution in [0.4, 0.5) is 0 Å². The fourth-order valence-electron chi connectivity index (χ4n) is 2.72. The Morgan fingerprint density at radius 2 is 2.00 bits per heavy atom. The van der Waals surface area contributed by atoms with Crippen molar-refractivity contribution in [1.29, 1.82) is 0 Å². The second kappa shape index (κ2) is 10.1. The molecule has 0 saturated carbocycles. The summed E-state index contributed by atoms with van der Waals surface area (Å²) in [4.78, 5) is 6.36. The maximum Gasteiger partial charge on any atom is 0.193 e. The first-order valence-corrected chi connectivity index (χ1v) is 8.98. The summed E-state index contributed by atoms with van der Waals surface area (Å²) in [5, 5.41) is 12.9. The number of aliphatic imine (C=N–C) groups is 1. The molecule has 0 radical (unpaired) electrons. The lowest BCUT2D eigenvalue weighted by molar-refractivity contribution is 0.477. The predicted molar refractivity (Wildman–Crippen MR) is 121 cm³/mol. The average Bonchev–Trinajstić information content (AvgIpc) is 3.05. The SMILES string of the molecule is CN=C(NCCc1nnc2ccccn12)N(C)Cc1ccc(Cl)c(Cl)c1.I. The van der Waals surface area contributed by atoms with Gasteiger partial charge in [0, 0.05) is 39.8 Å². The van der Waals surface area contributed by atoms with Crippen molar-refractivity contribution in [3.63, 3.8) is 0 Å². The number of guanidine groups is 1. The van der Waals surface area contributed by atoms with E-state index < -0.39 is 0 Å². The van der Waals surface area contributed by atoms with Crippen LogP contribution < -0.4 is 5.32 Å². The Morgan fingerprint density at radius 3 is 2.74 bits per heavy atom. The van der Waals surface area contributed by atoms with E-state index in [2.05, 4.69) is 20.5 Å². The van der Waals surface area contributed by atoms with Crippen molar-refractivity contribution in [2.24, 2.45) is 4.99 Å². The van der Waals surface area contributed by atoms with Crippen LogP contribution in [0.2, 0.25) is 10.0 Å². The molecule has 0 bridgehead atoms. The van der Waals surface area contributed by atoms with E-state index in [-0.39, 0.29) is 24.0 Å². The number of fused-ring (bicyclic) bond motifs is 1. The molecule has 3 rings (SSSR count). The molecule has 0 aliphatic heterocycles. The van der Waals surface area contributed by atoms with Gasteiger partial charge in [0.25, 0.3) is 0 Å². The first-order chi connectivity index (χ1) is 12.6. The van der Waals surface area contributed by atoms with Gasteiger partial charge in [-0.15, -0.1) is 34.2 Å². The molecule has 0 fully saturated rings. The van der Waals surface area contributed by atoms with Gasteiger partial charge in [-0.3, -0.25) is 9.39 Å². The van der Waals surface area contributed by atoms with Crippen LogP contribution >= 0.6 is 47.2 Å². The first-order valence-electron chi connectivity index (χ1n) is 8.23. The van der Waals surface area contributed by atoms with Crippen LogP contribution in [-0.4, -0.2) is 46.1 Å². The summed E-state index contributed by atoms with van der Waals surface area (Å²) in [5.41, 5.74) is 1.91. The highest BCUT2D eigenvalue weighted by molar-refractivity contribution is 14.0. The van der Waals surface area contributed by atoms with Gasteiger partial charge >= 0.3 is 0 Å². The minimum atomic E-state index is 0. The normalized spacial score (nSPS) is 11.3. The second-order valence-corrected chi connectivity index (χ2v) is 6.69. The van der Waals surface area contributed by atoms with Crippen LogP contribution in [-0.2, 0) is 13.0 Å². The summed E-state index contributed by atoms with van der Waals surface area (Å²) in [6.45, 7) is 1.37. The minimum Gasteiger partial charge on any atom is -0.356 e. The van der Waals surface area contributed by atoms with Gasteiger partial charge in [-0.25, -0.2) is 0 Å². The maximum absolute atomic E-state index is 6.09. The number of halogens is 3. The number of hydrogen-bond donors (Lipinski definition) is 1. The molecule has 0 unspecified atom stereocenters. The molecule has 1 aromatic carbocycles. The van der Waals surface area contributed by atoms with Crippen LogP contribution in [0.1, 0.15) is 11.4 Å². The monoisotopic (exact) mass is 518 g/mol. The fourth-order valence-corrected chi connectivity index (χ4v) is 3.04. The van der Waals surface area contributed by atoms with E-state index in [1.54, 1.807) is 13.1 Å². The summed E-state index contributed by atoms with van der Waals surface area (Å²) >= 11 is 12.1. The summed E-state index contributed by atoms with van der Waals surface area (Å²) in [7, 11) is 3.74. The Morgan fingerprint density at radius 1 is 1.19 bits per heavy atom. The highest BCUT2D eigenvalue weighted by Crippen LogP contribution is 2.23. The first kappa shape index (κ1) is 21.7. The van der Waals surface area contributed by atoms with E-state index in [0.29, 0.717) is 23.1 Å². The van der Waals surface area contributed by atoms with Gasteiger partial charge in [0.1, 0.15) is 5.82 Å². The highest BCUT2D eigenvalue weighted by Gasteiger charge is 2.09. The van der Waals surface area contributed by atoms with E-state index in [0.717, 1.165) is 29.4 Å². The molecule has 144 valence electrons. The lowest BCUT2D eigenvalue weighted by atomic mass is 10.2. The molecule has 0 saturated heterocycles. The molecule has 0 amide bonds. The molecule has 0 spiro atoms. The van der Waals surface area contributed by atoms with E-state index in [1.165, 1.54) is 0 Å². The van der Waals surface area contributed by atoms with Crippen molar-refractivity contribution >= 4 is 58.8 Å². The molecule has 9 heteroatoms. The Kier molecular flexibility index (Phi) is 8.12. The largest absolute Gasteiger partial charge is 0.356 e. The topological polar surface area (TPSA) is 57.8 Å². The Labute approximate surface area is 185 Å². The van der Waals surface area contributed by atoms with E-state index in [1.807, 2.05) is 52.9 Å². The van der Waals surface area contributed by atoms with Crippen LogP contribution in [0.5, 0.6) is 0 Å². The second-order valence-electron chi connectivity index (χ2n) is 5.87. The van der Waals surface area contributed by atoms with Gasteiger partial charge in [-0.2, -0.15) is 0 Å². The standard InChI is InChI=1S/C18H20Cl2N6.HI/c1-21-18(25(2)12-13-6-7-14(19)15(20)11-13)22-9-8-17-24-23-16-5-3-4-10-26(16)17;/h3-7,10-11H,8-9,12H2,1-2H3,(H,21,22);1H. The van der Waals surface area contributed by atoms with Gasteiger partial charge in [0.2, 0.25) is 0 Å². The smallest absolute Gasteiger partial charge is 0.193 e. The van der Waals surface area contributed by atoms with Crippen LogP contribution in [0.15, 0.2) is 47.6 Å². The number of aromatic nitrogens is 3. The quantitative estimate of drug-likeness (QED) is 0.316. The van der Waals surface area contributed by atoms with Crippen molar-refractivity contribution in [3.8, 4) is 0 Å². The molecule has 3 aromatic rings. The molecule has 2 heterocycles. The third-order valence-corrected chi connectivity index (χ3v) is 4.73. The van der Waals surface area contributed by atoms with Crippen molar-refractivity contribution in [2.45, 2.75) is 13.0 Å². The Bertz CT molecular complexity index is 927. The molecule has 2 aromatic heterocycles. The number of nitrogens with zero attached hydrogens (tertiary/aromatic N) is 5. The van der Waals surface area contributed by atoms with Crippen molar-refractivity contribution in [1.82, 2.24) is 24.8 Å². The van der Waals surface area contributed by atoms with Gasteiger partial charge in [0.15, 0.2) is 11.6 Å². The molecular formula is C18H21Cl2IN6. The lowest BCUT2D eigenvalue weighted by Crippen LogP contribution is -2.39. The molecule has 0 aliphatic rings. The highest BCUT2D eigenvalue weighted by atomic mass is 127. The molecule has 0 aliphatic carbocycles. The minimum absolute atomic E-state index is 0. The zero-order valence-corrected chi connectivity index (χ0v) is 18.9. The van der Waals surface area contributed by atoms with E-state index in [4.69, 9.17) is 23.2 Å². The summed E-state index contributed by atoms with van der Waals surface area (Å²) < 4.78 is 1.99. The molecule has 1 N–H and O–H groups in total. The number of pyridine rings is 1. The van der Waals surface area contributed by atoms with Gasteiger partial charge in [-0.05, 0) is 29.8 Å². The van der Waals surface area contributed by atoms with E-state index in [9.17, 15) is 0 Å². The van der Waals surface area contributed by atoms with Crippen molar-refractivity contribution in [2.75, 3.05) is 20.6 Å². The number of hydrogen-bond acceptors (Lipinski definition) is 3. The lowest BCUT2D eigenvalue weighted by Gasteiger charge is -2.22. The van der Waals surface area contributed by atoms with Gasteiger partial charge in [-0.1, -0.05) is 35.3 Å². The third kappa shape index (κ3) is 5.46. The zero-order valence-electron chi connectivity index (χ0n) is 15.1. The Hall–Kier alpha value is -1.58. The third-order valence-electron chi connectivity index (χ3n) is 3.99. The maximum atomic E-state index is 6.09. The summed E-state index contributed by atoms with van der Waals surface area (Å²) in [5.74, 6) is 1.71. The van der Waals surface area contributed by atoms with Gasteiger partial charge in [0.05, 0.1) is 10.0 Å². The van der Waals surface area contributed by atoms with Crippen LogP contribution in [0, 0.1) is 0 Å². The summed E-state index contributed by atoms with van der Waals surface area (Å²) in [6, 6.07) is 11.5. The van der Waals surface area contributed by atoms with Crippen molar-refractivity contribution < 1.29 is 0 Å². The number of nitrogens with one attached hydrogen (secondary N) is 1. The zero-order chi connectivity index (χ0) is 18.5. The predicted octanol–water partition coefficient (Wildman–Crippen LogP) is 3.90. The molecule has 0 atom stereocenters. The number of benzene rings is 1. The van der Waals surface area contributed by atoms with Crippen molar-refractivity contribution in [3.05, 3.63) is 64.0 Å².